The number of benzene rings is 4. The van der Waals surface area contributed by atoms with Crippen molar-refractivity contribution in [3.8, 4) is 11.5 Å². The molecule has 4 aromatic rings. The number of likely N-dealkylation sites (N-methyl/N-ethyl adjacent to an activating group) is 1. The summed E-state index contributed by atoms with van der Waals surface area (Å²) >= 11 is 0. The highest BCUT2D eigenvalue weighted by Crippen LogP contribution is 2.28. The smallest absolute Gasteiger partial charge is 0.264 e. The summed E-state index contributed by atoms with van der Waals surface area (Å²) in [5, 5.41) is 2.71. The second-order valence-corrected chi connectivity index (χ2v) is 11.8. The Balaban J connectivity index is 1.70. The van der Waals surface area contributed by atoms with E-state index in [1.54, 1.807) is 62.4 Å². The Morgan fingerprint density at radius 1 is 0.860 bits per heavy atom. The zero-order valence-corrected chi connectivity index (χ0v) is 25.1. The van der Waals surface area contributed by atoms with Crippen molar-refractivity contribution in [2.75, 3.05) is 17.4 Å². The van der Waals surface area contributed by atoms with E-state index >= 15 is 0 Å². The summed E-state index contributed by atoms with van der Waals surface area (Å²) in [6.07, 6.45) is 0. The summed E-state index contributed by atoms with van der Waals surface area (Å²) in [6, 6.07) is 26.5. The summed E-state index contributed by atoms with van der Waals surface area (Å²) in [6.45, 7) is 4.92. The van der Waals surface area contributed by atoms with E-state index in [0.29, 0.717) is 23.6 Å². The first-order valence-corrected chi connectivity index (χ1v) is 15.3. The number of carbonyl (C=O) groups is 2. The Labute approximate surface area is 251 Å². The van der Waals surface area contributed by atoms with Crippen LogP contribution in [0.25, 0.3) is 0 Å². The van der Waals surface area contributed by atoms with Crippen LogP contribution in [0.2, 0.25) is 0 Å². The number of ether oxygens (including phenoxy) is 1. The molecule has 1 atom stereocenters. The Kier molecular flexibility index (Phi) is 10.2. The SMILES string of the molecule is CCNC(=O)[C@H](C)N(Cc1ccc(F)cc1)C(=O)CN(c1ccc(Oc2ccccc2)cc1)S(=O)(=O)c1ccc(C)cc1. The molecule has 0 saturated heterocycles. The summed E-state index contributed by atoms with van der Waals surface area (Å²) in [5.74, 6) is -0.341. The van der Waals surface area contributed by atoms with Crippen molar-refractivity contribution < 1.29 is 27.1 Å². The van der Waals surface area contributed by atoms with E-state index in [2.05, 4.69) is 5.32 Å². The maximum Gasteiger partial charge on any atom is 0.264 e. The molecule has 0 radical (unpaired) electrons. The third kappa shape index (κ3) is 7.98. The van der Waals surface area contributed by atoms with Gasteiger partial charge in [-0.2, -0.15) is 0 Å². The van der Waals surface area contributed by atoms with E-state index in [-0.39, 0.29) is 17.1 Å². The molecule has 0 aromatic heterocycles. The lowest BCUT2D eigenvalue weighted by Gasteiger charge is -2.32. The number of amides is 2. The van der Waals surface area contributed by atoms with Gasteiger partial charge in [0.15, 0.2) is 0 Å². The van der Waals surface area contributed by atoms with Gasteiger partial charge in [0.1, 0.15) is 29.9 Å². The van der Waals surface area contributed by atoms with Crippen LogP contribution < -0.4 is 14.4 Å². The van der Waals surface area contributed by atoms with E-state index in [4.69, 9.17) is 4.74 Å². The lowest BCUT2D eigenvalue weighted by molar-refractivity contribution is -0.139. The van der Waals surface area contributed by atoms with Crippen molar-refractivity contribution in [3.05, 3.63) is 120 Å². The van der Waals surface area contributed by atoms with E-state index in [0.717, 1.165) is 9.87 Å². The zero-order valence-electron chi connectivity index (χ0n) is 24.2. The van der Waals surface area contributed by atoms with E-state index in [1.807, 2.05) is 25.1 Å². The van der Waals surface area contributed by atoms with Gasteiger partial charge in [-0.25, -0.2) is 12.8 Å². The largest absolute Gasteiger partial charge is 0.457 e. The first kappa shape index (κ1) is 31.2. The quantitative estimate of drug-likeness (QED) is 0.225. The maximum atomic E-state index is 14.0. The van der Waals surface area contributed by atoms with E-state index < -0.39 is 40.2 Å². The molecule has 8 nitrogen and oxygen atoms in total. The number of aryl methyl sites for hydroxylation is 1. The van der Waals surface area contributed by atoms with Gasteiger partial charge in [0.05, 0.1) is 10.6 Å². The van der Waals surface area contributed by atoms with Crippen LogP contribution in [-0.4, -0.2) is 44.3 Å². The monoisotopic (exact) mass is 603 g/mol. The first-order chi connectivity index (χ1) is 20.6. The van der Waals surface area contributed by atoms with Crippen LogP contribution in [-0.2, 0) is 26.2 Å². The highest BCUT2D eigenvalue weighted by Gasteiger charge is 2.32. The molecule has 2 amide bonds. The first-order valence-electron chi connectivity index (χ1n) is 13.8. The number of nitrogens with zero attached hydrogens (tertiary/aromatic N) is 2. The van der Waals surface area contributed by atoms with Crippen LogP contribution in [0.15, 0.2) is 108 Å². The molecule has 0 saturated carbocycles. The van der Waals surface area contributed by atoms with Gasteiger partial charge in [0, 0.05) is 13.1 Å². The minimum absolute atomic E-state index is 0.0115. The third-order valence-electron chi connectivity index (χ3n) is 6.78. The summed E-state index contributed by atoms with van der Waals surface area (Å²) < 4.78 is 48.4. The van der Waals surface area contributed by atoms with Gasteiger partial charge in [-0.1, -0.05) is 48.0 Å². The van der Waals surface area contributed by atoms with Gasteiger partial charge >= 0.3 is 0 Å². The molecule has 43 heavy (non-hydrogen) atoms. The minimum atomic E-state index is -4.21. The van der Waals surface area contributed by atoms with Crippen LogP contribution in [0, 0.1) is 12.7 Å². The van der Waals surface area contributed by atoms with Gasteiger partial charge in [-0.15, -0.1) is 0 Å². The molecular formula is C33H34FN3O5S. The summed E-state index contributed by atoms with van der Waals surface area (Å²) in [5.41, 5.74) is 1.70. The molecule has 0 bridgehead atoms. The molecule has 0 aliphatic rings. The Morgan fingerprint density at radius 3 is 2.07 bits per heavy atom. The van der Waals surface area contributed by atoms with Crippen molar-refractivity contribution in [2.45, 2.75) is 38.3 Å². The van der Waals surface area contributed by atoms with Gasteiger partial charge < -0.3 is 15.0 Å². The number of anilines is 1. The molecule has 0 aliphatic heterocycles. The molecule has 0 aliphatic carbocycles. The van der Waals surface area contributed by atoms with E-state index in [1.165, 1.54) is 41.3 Å². The highest BCUT2D eigenvalue weighted by atomic mass is 32.2. The number of rotatable bonds is 12. The van der Waals surface area contributed by atoms with Crippen molar-refractivity contribution in [1.29, 1.82) is 0 Å². The fourth-order valence-corrected chi connectivity index (χ4v) is 5.78. The number of hydrogen-bond acceptors (Lipinski definition) is 5. The Morgan fingerprint density at radius 2 is 1.47 bits per heavy atom. The predicted octanol–water partition coefficient (Wildman–Crippen LogP) is 5.68. The van der Waals surface area contributed by atoms with Gasteiger partial charge in [0.25, 0.3) is 10.0 Å². The molecule has 0 heterocycles. The molecule has 4 rings (SSSR count). The fraction of sp³-hybridized carbons (Fsp3) is 0.212. The number of sulfonamides is 1. The van der Waals surface area contributed by atoms with Crippen molar-refractivity contribution >= 4 is 27.5 Å². The van der Waals surface area contributed by atoms with Gasteiger partial charge in [0.2, 0.25) is 11.8 Å². The predicted molar refractivity (Wildman–Crippen MR) is 164 cm³/mol. The summed E-state index contributed by atoms with van der Waals surface area (Å²) in [4.78, 5) is 28.1. The van der Waals surface area contributed by atoms with E-state index in [9.17, 15) is 22.4 Å². The van der Waals surface area contributed by atoms with Crippen LogP contribution in [0.3, 0.4) is 0 Å². The third-order valence-corrected chi connectivity index (χ3v) is 8.56. The Bertz CT molecular complexity index is 1630. The lowest BCUT2D eigenvalue weighted by Crippen LogP contribution is -2.51. The minimum Gasteiger partial charge on any atom is -0.457 e. The number of hydrogen-bond donors (Lipinski definition) is 1. The van der Waals surface area contributed by atoms with Crippen molar-refractivity contribution in [2.24, 2.45) is 0 Å². The standard InChI is InChI=1S/C33H34FN3O5S/c1-4-35-33(39)25(3)36(22-26-12-14-27(34)15-13-26)32(38)23-37(43(40,41)31-20-10-24(2)11-21-31)28-16-18-30(19-17-28)42-29-8-6-5-7-9-29/h5-21,25H,4,22-23H2,1-3H3,(H,35,39)/t25-/m0/s1. The normalized spacial score (nSPS) is 11.8. The second-order valence-electron chi connectivity index (χ2n) is 9.95. The Hall–Kier alpha value is -4.70. The number of para-hydroxylation sites is 1. The van der Waals surface area contributed by atoms with Crippen LogP contribution in [0.5, 0.6) is 11.5 Å². The molecule has 10 heteroatoms. The van der Waals surface area contributed by atoms with Crippen LogP contribution >= 0.6 is 0 Å². The molecule has 1 N–H and O–H groups in total. The zero-order chi connectivity index (χ0) is 31.0. The fourth-order valence-electron chi connectivity index (χ4n) is 4.36. The average Bonchev–Trinajstić information content (AvgIpc) is 3.00. The maximum absolute atomic E-state index is 14.0. The van der Waals surface area contributed by atoms with Gasteiger partial charge in [-0.3, -0.25) is 13.9 Å². The molecule has 224 valence electrons. The number of carbonyl (C=O) groups excluding carboxylic acids is 2. The lowest BCUT2D eigenvalue weighted by atomic mass is 10.1. The molecule has 0 unspecified atom stereocenters. The summed E-state index contributed by atoms with van der Waals surface area (Å²) in [7, 11) is -4.21. The molecule has 0 spiro atoms. The number of nitrogens with one attached hydrogen (secondary N) is 1. The van der Waals surface area contributed by atoms with Crippen LogP contribution in [0.1, 0.15) is 25.0 Å². The van der Waals surface area contributed by atoms with Crippen LogP contribution in [0.4, 0.5) is 10.1 Å². The number of halogens is 1. The van der Waals surface area contributed by atoms with Crippen molar-refractivity contribution in [1.82, 2.24) is 10.2 Å². The molecule has 4 aromatic carbocycles. The molecule has 0 fully saturated rings. The average molecular weight is 604 g/mol. The second kappa shape index (κ2) is 14.0. The molecular weight excluding hydrogens is 569 g/mol. The van der Waals surface area contributed by atoms with Gasteiger partial charge in [-0.05, 0) is 87.0 Å². The topological polar surface area (TPSA) is 96.0 Å². The van der Waals surface area contributed by atoms with Crippen molar-refractivity contribution in [3.63, 3.8) is 0 Å². The highest BCUT2D eigenvalue weighted by molar-refractivity contribution is 7.92.